The van der Waals surface area contributed by atoms with Crippen LogP contribution < -0.4 is 0 Å². The number of benzene rings is 6. The molecule has 0 saturated carbocycles. The summed E-state index contributed by atoms with van der Waals surface area (Å²) in [4.78, 5) is 15.3. The van der Waals surface area contributed by atoms with Crippen LogP contribution in [0.1, 0.15) is 25.0 Å². The smallest absolute Gasteiger partial charge is 0.160 e. The summed E-state index contributed by atoms with van der Waals surface area (Å²) in [6.45, 7) is 8.98. The molecule has 0 fully saturated rings. The van der Waals surface area contributed by atoms with Crippen molar-refractivity contribution in [2.45, 2.75) is 25.7 Å². The summed E-state index contributed by atoms with van der Waals surface area (Å²) in [6, 6.07) is 46.0. The molecule has 11 rings (SSSR count). The van der Waals surface area contributed by atoms with Gasteiger partial charge in [-0.3, -0.25) is 4.98 Å². The van der Waals surface area contributed by atoms with Crippen LogP contribution >= 0.6 is 11.3 Å². The van der Waals surface area contributed by atoms with Gasteiger partial charge in [0.2, 0.25) is 0 Å². The third kappa shape index (κ3) is 4.87. The number of pyridine rings is 1. The molecule has 266 valence electrons. The number of hydrogen-bond donors (Lipinski definition) is 0. The van der Waals surface area contributed by atoms with Crippen LogP contribution in [0.2, 0.25) is 0 Å². The number of aromatic nitrogens is 4. The van der Waals surface area contributed by atoms with Crippen molar-refractivity contribution in [3.63, 3.8) is 0 Å². The molecular formula is C51H36N4S. The fraction of sp³-hybridized carbons (Fsp3) is 0.0784. The second-order valence-corrected chi connectivity index (χ2v) is 16.3. The molecule has 10 aromatic rings. The summed E-state index contributed by atoms with van der Waals surface area (Å²) in [6.07, 6.45) is 11.2. The van der Waals surface area contributed by atoms with E-state index in [1.165, 1.54) is 63.9 Å². The lowest BCUT2D eigenvalue weighted by molar-refractivity contribution is 0.635. The number of allylic oxidation sites excluding steroid dienone is 5. The van der Waals surface area contributed by atoms with Crippen LogP contribution in [0.15, 0.2) is 170 Å². The molecule has 0 amide bonds. The van der Waals surface area contributed by atoms with E-state index in [1.807, 2.05) is 29.7 Å². The minimum absolute atomic E-state index is 0.270. The van der Waals surface area contributed by atoms with E-state index in [4.69, 9.17) is 15.0 Å². The molecule has 0 aliphatic heterocycles. The van der Waals surface area contributed by atoms with Gasteiger partial charge in [-0.15, -0.1) is 11.3 Å². The maximum Gasteiger partial charge on any atom is 0.160 e. The highest BCUT2D eigenvalue weighted by molar-refractivity contribution is 7.27. The molecule has 5 heteroatoms. The van der Waals surface area contributed by atoms with Crippen LogP contribution in [0.4, 0.5) is 0 Å². The fourth-order valence-corrected chi connectivity index (χ4v) is 10.0. The molecule has 0 spiro atoms. The van der Waals surface area contributed by atoms with E-state index in [9.17, 15) is 0 Å². The van der Waals surface area contributed by atoms with Gasteiger partial charge < -0.3 is 4.57 Å². The average Bonchev–Trinajstić information content (AvgIpc) is 3.81. The first-order chi connectivity index (χ1) is 27.5. The maximum absolute atomic E-state index is 5.36. The van der Waals surface area contributed by atoms with Gasteiger partial charge in [-0.05, 0) is 71.0 Å². The standard InChI is InChI=1S/C51H36N4S/c1-31-15-5-4-6-16-32-26-27-33(30-40(32)51(31,2)3)46-47-41(23-14-28-52-47)53-50(54-46)34-17-13-18-35(29-34)55-42-24-11-9-21-38(42)44-36-19-7-8-20-37(36)49-45(48(44)55)39-22-10-12-25-43(39)56-49/h4-15,17-30H,1,16H2,2-3H3/b6-4-,15-5-. The van der Waals surface area contributed by atoms with Crippen molar-refractivity contribution < 1.29 is 0 Å². The van der Waals surface area contributed by atoms with Gasteiger partial charge in [0.1, 0.15) is 11.2 Å². The Hall–Kier alpha value is -6.69. The maximum atomic E-state index is 5.36. The van der Waals surface area contributed by atoms with Crippen molar-refractivity contribution in [2.75, 3.05) is 0 Å². The molecule has 4 nitrogen and oxygen atoms in total. The third-order valence-electron chi connectivity index (χ3n) is 11.7. The zero-order chi connectivity index (χ0) is 37.5. The molecule has 4 aromatic heterocycles. The molecule has 0 unspecified atom stereocenters. The SMILES string of the molecule is C=C1/C=C\C=C/Cc2ccc(-c3nc(-c4cccc(-n5c6ccccc6c6c7ccccc7c7sc8ccccc8c7c65)c4)nc4cccnc34)cc2C1(C)C. The van der Waals surface area contributed by atoms with E-state index in [0.29, 0.717) is 5.82 Å². The first-order valence-corrected chi connectivity index (χ1v) is 19.9. The highest BCUT2D eigenvalue weighted by Gasteiger charge is 2.27. The Morgan fingerprint density at radius 2 is 1.50 bits per heavy atom. The first-order valence-electron chi connectivity index (χ1n) is 19.1. The molecule has 6 aromatic carbocycles. The molecule has 0 radical (unpaired) electrons. The lowest BCUT2D eigenvalue weighted by atomic mass is 9.75. The van der Waals surface area contributed by atoms with Gasteiger partial charge in [0, 0.05) is 64.8 Å². The Labute approximate surface area is 328 Å². The van der Waals surface area contributed by atoms with Crippen molar-refractivity contribution in [2.24, 2.45) is 0 Å². The molecule has 1 aliphatic carbocycles. The molecule has 56 heavy (non-hydrogen) atoms. The number of nitrogens with zero attached hydrogens (tertiary/aromatic N) is 4. The van der Waals surface area contributed by atoms with E-state index in [1.54, 1.807) is 0 Å². The van der Waals surface area contributed by atoms with Crippen LogP contribution in [0.5, 0.6) is 0 Å². The average molecular weight is 737 g/mol. The predicted molar refractivity (Wildman–Crippen MR) is 237 cm³/mol. The van der Waals surface area contributed by atoms with Crippen LogP contribution in [-0.2, 0) is 11.8 Å². The van der Waals surface area contributed by atoms with Gasteiger partial charge in [-0.25, -0.2) is 9.97 Å². The lowest BCUT2D eigenvalue weighted by Gasteiger charge is -2.29. The normalized spacial score (nSPS) is 15.4. The Morgan fingerprint density at radius 3 is 2.39 bits per heavy atom. The highest BCUT2D eigenvalue weighted by atomic mass is 32.1. The lowest BCUT2D eigenvalue weighted by Crippen LogP contribution is -2.21. The largest absolute Gasteiger partial charge is 0.309 e. The van der Waals surface area contributed by atoms with E-state index < -0.39 is 0 Å². The van der Waals surface area contributed by atoms with Crippen LogP contribution in [0.3, 0.4) is 0 Å². The van der Waals surface area contributed by atoms with Crippen molar-refractivity contribution in [1.82, 2.24) is 19.5 Å². The third-order valence-corrected chi connectivity index (χ3v) is 12.9. The van der Waals surface area contributed by atoms with Crippen LogP contribution in [0, 0.1) is 0 Å². The molecular weight excluding hydrogens is 701 g/mol. The second-order valence-electron chi connectivity index (χ2n) is 15.3. The minimum atomic E-state index is -0.270. The zero-order valence-electron chi connectivity index (χ0n) is 31.1. The number of fused-ring (bicyclic) bond motifs is 12. The molecule has 1 aliphatic rings. The quantitative estimate of drug-likeness (QED) is 0.181. The second kappa shape index (κ2) is 12.4. The van der Waals surface area contributed by atoms with E-state index >= 15 is 0 Å². The van der Waals surface area contributed by atoms with Gasteiger partial charge in [-0.2, -0.15) is 0 Å². The number of hydrogen-bond acceptors (Lipinski definition) is 4. The summed E-state index contributed by atoms with van der Waals surface area (Å²) < 4.78 is 5.07. The number of rotatable bonds is 3. The Kier molecular flexibility index (Phi) is 7.26. The number of thiophene rings is 1. The molecule has 0 atom stereocenters. The van der Waals surface area contributed by atoms with Gasteiger partial charge in [0.05, 0.1) is 16.6 Å². The summed E-state index contributed by atoms with van der Waals surface area (Å²) in [5.41, 5.74) is 11.2. The topological polar surface area (TPSA) is 43.6 Å². The number of para-hydroxylation sites is 1. The van der Waals surface area contributed by atoms with Crippen molar-refractivity contribution >= 4 is 75.1 Å². The summed E-state index contributed by atoms with van der Waals surface area (Å²) in [5.74, 6) is 0.665. The Morgan fingerprint density at radius 1 is 0.696 bits per heavy atom. The van der Waals surface area contributed by atoms with Crippen molar-refractivity contribution in [1.29, 1.82) is 0 Å². The summed E-state index contributed by atoms with van der Waals surface area (Å²) in [5, 5.41) is 7.66. The summed E-state index contributed by atoms with van der Waals surface area (Å²) in [7, 11) is 0. The van der Waals surface area contributed by atoms with Gasteiger partial charge in [0.25, 0.3) is 0 Å². The van der Waals surface area contributed by atoms with E-state index in [0.717, 1.165) is 45.5 Å². The van der Waals surface area contributed by atoms with E-state index in [2.05, 4.69) is 165 Å². The van der Waals surface area contributed by atoms with Gasteiger partial charge in [-0.1, -0.05) is 130 Å². The van der Waals surface area contributed by atoms with Crippen LogP contribution in [0.25, 0.3) is 92.1 Å². The Balaban J connectivity index is 1.16. The predicted octanol–water partition coefficient (Wildman–Crippen LogP) is 13.5. The first kappa shape index (κ1) is 32.7. The highest BCUT2D eigenvalue weighted by Crippen LogP contribution is 2.48. The fourth-order valence-electron chi connectivity index (χ4n) is 8.78. The molecule has 4 heterocycles. The molecule has 0 bridgehead atoms. The summed E-state index contributed by atoms with van der Waals surface area (Å²) >= 11 is 1.88. The van der Waals surface area contributed by atoms with Gasteiger partial charge in [0.15, 0.2) is 5.82 Å². The molecule has 0 N–H and O–H groups in total. The van der Waals surface area contributed by atoms with E-state index in [-0.39, 0.29) is 5.41 Å². The van der Waals surface area contributed by atoms with Crippen molar-refractivity contribution in [3.05, 3.63) is 181 Å². The van der Waals surface area contributed by atoms with Crippen molar-refractivity contribution in [3.8, 4) is 28.3 Å². The monoisotopic (exact) mass is 736 g/mol. The Bertz CT molecular complexity index is 3340. The zero-order valence-corrected chi connectivity index (χ0v) is 31.9. The molecule has 0 saturated heterocycles. The van der Waals surface area contributed by atoms with Gasteiger partial charge >= 0.3 is 0 Å². The minimum Gasteiger partial charge on any atom is -0.309 e. The van der Waals surface area contributed by atoms with Crippen LogP contribution in [-0.4, -0.2) is 19.5 Å².